The number of aryl methyl sites for hydroxylation is 3. The van der Waals surface area contributed by atoms with Gasteiger partial charge in [0.1, 0.15) is 0 Å². The van der Waals surface area contributed by atoms with Gasteiger partial charge in [0.2, 0.25) is 0 Å². The molecular formula is C23H23N5O2. The van der Waals surface area contributed by atoms with Crippen molar-refractivity contribution in [3.05, 3.63) is 99.5 Å². The van der Waals surface area contributed by atoms with Crippen LogP contribution in [0.15, 0.2) is 65.6 Å². The summed E-state index contributed by atoms with van der Waals surface area (Å²) >= 11 is 0. The van der Waals surface area contributed by atoms with Gasteiger partial charge in [-0.1, -0.05) is 24.3 Å². The van der Waals surface area contributed by atoms with E-state index < -0.39 is 0 Å². The maximum atomic E-state index is 13.0. The number of hydrogen-bond acceptors (Lipinski definition) is 3. The second-order valence-corrected chi connectivity index (χ2v) is 7.33. The molecule has 0 saturated carbocycles. The summed E-state index contributed by atoms with van der Waals surface area (Å²) in [6.45, 7) is 6.40. The first kappa shape index (κ1) is 19.4. The molecule has 4 aromatic rings. The summed E-state index contributed by atoms with van der Waals surface area (Å²) in [5.74, 6) is -0.237. The van der Waals surface area contributed by atoms with Gasteiger partial charge < -0.3 is 10.3 Å². The quantitative estimate of drug-likeness (QED) is 0.536. The van der Waals surface area contributed by atoms with Gasteiger partial charge in [-0.2, -0.15) is 5.10 Å². The van der Waals surface area contributed by atoms with Crippen LogP contribution in [0.1, 0.15) is 33.0 Å². The summed E-state index contributed by atoms with van der Waals surface area (Å²) in [5, 5.41) is 7.43. The van der Waals surface area contributed by atoms with Crippen molar-refractivity contribution in [2.75, 3.05) is 5.32 Å². The molecule has 152 valence electrons. The number of aromatic nitrogens is 4. The Morgan fingerprint density at radius 1 is 1.03 bits per heavy atom. The van der Waals surface area contributed by atoms with E-state index in [0.717, 1.165) is 22.6 Å². The number of H-pyrrole nitrogens is 1. The van der Waals surface area contributed by atoms with Crippen molar-refractivity contribution in [3.8, 4) is 5.69 Å². The molecule has 7 heteroatoms. The third-order valence-corrected chi connectivity index (χ3v) is 4.98. The molecule has 0 atom stereocenters. The van der Waals surface area contributed by atoms with E-state index in [9.17, 15) is 9.59 Å². The van der Waals surface area contributed by atoms with Crippen molar-refractivity contribution in [2.24, 2.45) is 0 Å². The molecule has 0 unspecified atom stereocenters. The van der Waals surface area contributed by atoms with E-state index in [4.69, 9.17) is 0 Å². The number of rotatable bonds is 5. The van der Waals surface area contributed by atoms with Gasteiger partial charge in [-0.3, -0.25) is 14.0 Å². The fourth-order valence-electron chi connectivity index (χ4n) is 3.54. The predicted octanol–water partition coefficient (Wildman–Crippen LogP) is 3.59. The molecule has 2 aromatic heterocycles. The fourth-order valence-corrected chi connectivity index (χ4v) is 3.54. The summed E-state index contributed by atoms with van der Waals surface area (Å²) in [6.07, 6.45) is 1.64. The number of imidazole rings is 1. The normalized spacial score (nSPS) is 10.9. The second-order valence-electron chi connectivity index (χ2n) is 7.33. The molecule has 4 rings (SSSR count). The maximum Gasteiger partial charge on any atom is 0.330 e. The Bertz CT molecular complexity index is 1280. The summed E-state index contributed by atoms with van der Waals surface area (Å²) < 4.78 is 3.46. The van der Waals surface area contributed by atoms with Crippen molar-refractivity contribution < 1.29 is 4.79 Å². The summed E-state index contributed by atoms with van der Waals surface area (Å²) in [7, 11) is 0. The number of carbonyl (C=O) groups is 1. The van der Waals surface area contributed by atoms with Gasteiger partial charge in [-0.25, -0.2) is 4.79 Å². The second kappa shape index (κ2) is 7.87. The highest BCUT2D eigenvalue weighted by molar-refractivity contribution is 6.05. The van der Waals surface area contributed by atoms with Crippen LogP contribution in [0, 0.1) is 20.8 Å². The van der Waals surface area contributed by atoms with Gasteiger partial charge in [0.15, 0.2) is 0 Å². The molecule has 0 aliphatic carbocycles. The zero-order chi connectivity index (χ0) is 21.3. The highest BCUT2D eigenvalue weighted by Gasteiger charge is 2.13. The van der Waals surface area contributed by atoms with Crippen molar-refractivity contribution in [3.63, 3.8) is 0 Å². The highest BCUT2D eigenvalue weighted by atomic mass is 16.2. The van der Waals surface area contributed by atoms with Crippen LogP contribution in [0.3, 0.4) is 0 Å². The van der Waals surface area contributed by atoms with Gasteiger partial charge in [-0.05, 0) is 56.7 Å². The minimum atomic E-state index is -0.249. The average Bonchev–Trinajstić information content (AvgIpc) is 3.22. The van der Waals surface area contributed by atoms with Gasteiger partial charge >= 0.3 is 5.69 Å². The molecule has 0 bridgehead atoms. The lowest BCUT2D eigenvalue weighted by atomic mass is 10.1. The smallest absolute Gasteiger partial charge is 0.320 e. The van der Waals surface area contributed by atoms with Crippen molar-refractivity contribution in [2.45, 2.75) is 27.3 Å². The molecule has 0 aliphatic rings. The number of carbonyl (C=O) groups excluding carboxylic acids is 1. The molecule has 30 heavy (non-hydrogen) atoms. The van der Waals surface area contributed by atoms with Gasteiger partial charge in [-0.15, -0.1) is 0 Å². The standard InChI is InChI=1S/C23H23N5O2/c1-15-11-16(2)27(26-15)14-18-7-6-8-19(12-18)22(29)25-20-9-4-5-10-21(20)28-17(3)13-24-23(28)30/h4-13H,14H2,1-3H3,(H,24,30)(H,25,29). The first-order valence-corrected chi connectivity index (χ1v) is 9.70. The monoisotopic (exact) mass is 401 g/mol. The van der Waals surface area contributed by atoms with Crippen LogP contribution in [0.5, 0.6) is 0 Å². The minimum absolute atomic E-state index is 0.237. The number of nitrogens with one attached hydrogen (secondary N) is 2. The number of para-hydroxylation sites is 2. The third-order valence-electron chi connectivity index (χ3n) is 4.98. The Hall–Kier alpha value is -3.87. The Morgan fingerprint density at radius 3 is 2.53 bits per heavy atom. The molecule has 0 saturated heterocycles. The number of amides is 1. The van der Waals surface area contributed by atoms with Gasteiger partial charge in [0.05, 0.1) is 23.6 Å². The van der Waals surface area contributed by atoms with Crippen LogP contribution in [0.25, 0.3) is 5.69 Å². The van der Waals surface area contributed by atoms with Crippen LogP contribution in [0.4, 0.5) is 5.69 Å². The van der Waals surface area contributed by atoms with E-state index in [1.54, 1.807) is 24.4 Å². The molecule has 0 radical (unpaired) electrons. The molecule has 0 aliphatic heterocycles. The van der Waals surface area contributed by atoms with E-state index in [1.807, 2.05) is 61.9 Å². The summed E-state index contributed by atoms with van der Waals surface area (Å²) in [4.78, 5) is 27.8. The van der Waals surface area contributed by atoms with Gasteiger partial charge in [0.25, 0.3) is 5.91 Å². The van der Waals surface area contributed by atoms with Crippen LogP contribution < -0.4 is 11.0 Å². The van der Waals surface area contributed by atoms with E-state index in [2.05, 4.69) is 15.4 Å². The van der Waals surface area contributed by atoms with Crippen LogP contribution >= 0.6 is 0 Å². The predicted molar refractivity (Wildman–Crippen MR) is 116 cm³/mol. The van der Waals surface area contributed by atoms with Gasteiger partial charge in [0, 0.05) is 23.1 Å². The van der Waals surface area contributed by atoms with E-state index in [1.165, 1.54) is 4.57 Å². The highest BCUT2D eigenvalue weighted by Crippen LogP contribution is 2.21. The molecule has 0 fully saturated rings. The van der Waals surface area contributed by atoms with E-state index in [-0.39, 0.29) is 11.6 Å². The van der Waals surface area contributed by atoms with Crippen molar-refractivity contribution >= 4 is 11.6 Å². The average molecular weight is 401 g/mol. The zero-order valence-electron chi connectivity index (χ0n) is 17.1. The largest absolute Gasteiger partial charge is 0.330 e. The van der Waals surface area contributed by atoms with Crippen molar-refractivity contribution in [1.29, 1.82) is 0 Å². The number of benzene rings is 2. The van der Waals surface area contributed by atoms with Crippen molar-refractivity contribution in [1.82, 2.24) is 19.3 Å². The van der Waals surface area contributed by atoms with E-state index in [0.29, 0.717) is 23.5 Å². The number of anilines is 1. The van der Waals surface area contributed by atoms with Crippen LogP contribution in [0.2, 0.25) is 0 Å². The SMILES string of the molecule is Cc1cc(C)n(Cc2cccc(C(=O)Nc3ccccc3-n3c(C)c[nH]c3=O)c2)n1. The summed E-state index contributed by atoms with van der Waals surface area (Å²) in [6, 6.07) is 16.7. The molecule has 7 nitrogen and oxygen atoms in total. The lowest BCUT2D eigenvalue weighted by molar-refractivity contribution is 0.102. The Kier molecular flexibility index (Phi) is 5.10. The molecule has 2 N–H and O–H groups in total. The maximum absolute atomic E-state index is 13.0. The Morgan fingerprint density at radius 2 is 1.83 bits per heavy atom. The molecule has 1 amide bonds. The molecule has 0 spiro atoms. The molecule has 2 heterocycles. The fraction of sp³-hybridized carbons (Fsp3) is 0.174. The molecule has 2 aromatic carbocycles. The molecular weight excluding hydrogens is 378 g/mol. The zero-order valence-corrected chi connectivity index (χ0v) is 17.1. The Labute approximate surface area is 174 Å². The van der Waals surface area contributed by atoms with Crippen LogP contribution in [-0.4, -0.2) is 25.2 Å². The number of hydrogen-bond donors (Lipinski definition) is 2. The lowest BCUT2D eigenvalue weighted by Gasteiger charge is -2.13. The first-order valence-electron chi connectivity index (χ1n) is 9.70. The van der Waals surface area contributed by atoms with E-state index >= 15 is 0 Å². The first-order chi connectivity index (χ1) is 14.4. The number of aromatic amines is 1. The third kappa shape index (κ3) is 3.82. The Balaban J connectivity index is 1.60. The number of nitrogens with zero attached hydrogens (tertiary/aromatic N) is 3. The summed E-state index contributed by atoms with van der Waals surface area (Å²) in [5.41, 5.74) is 5.26. The topological polar surface area (TPSA) is 84.7 Å². The van der Waals surface area contributed by atoms with Crippen LogP contribution in [-0.2, 0) is 6.54 Å². The minimum Gasteiger partial charge on any atom is -0.320 e. The lowest BCUT2D eigenvalue weighted by Crippen LogP contribution is -2.19.